The third-order valence-electron chi connectivity index (χ3n) is 9.04. The Hall–Kier alpha value is -3.66. The molecule has 10 atom stereocenters. The van der Waals surface area contributed by atoms with Gasteiger partial charge in [-0.05, 0) is 55.2 Å². The van der Waals surface area contributed by atoms with Crippen LogP contribution in [0.1, 0.15) is 58.9 Å². The quantitative estimate of drug-likeness (QED) is 0.0752. The Balaban J connectivity index is 1.98. The van der Waals surface area contributed by atoms with Crippen molar-refractivity contribution in [3.63, 3.8) is 0 Å². The zero-order valence-corrected chi connectivity index (χ0v) is 26.7. The molecule has 14 heteroatoms. The smallest absolute Gasteiger partial charge is 0.344 e. The normalized spacial score (nSPS) is 31.8. The minimum Gasteiger partial charge on any atom is -0.479 e. The number of fused-ring (bicyclic) bond motifs is 2. The molecule has 3 rings (SSSR count). The number of esters is 1. The molecule has 0 amide bonds. The molecule has 2 saturated heterocycles. The largest absolute Gasteiger partial charge is 0.479 e. The van der Waals surface area contributed by atoms with Crippen LogP contribution in [0.5, 0.6) is 0 Å². The number of carbonyl (C=O) groups excluding carboxylic acids is 1. The van der Waals surface area contributed by atoms with Gasteiger partial charge in [0.15, 0.2) is 6.10 Å². The molecule has 0 aromatic heterocycles. The monoisotopic (exact) mass is 664 g/mol. The van der Waals surface area contributed by atoms with Gasteiger partial charge in [0.1, 0.15) is 6.10 Å². The van der Waals surface area contributed by atoms with Crippen molar-refractivity contribution in [3.05, 3.63) is 60.2 Å². The van der Waals surface area contributed by atoms with Gasteiger partial charge >= 0.3 is 23.9 Å². The highest BCUT2D eigenvalue weighted by atomic mass is 16.8. The van der Waals surface area contributed by atoms with Crippen LogP contribution in [-0.2, 0) is 39.8 Å². The molecule has 2 fully saturated rings. The minimum absolute atomic E-state index is 0.0513. The molecule has 1 aromatic rings. The van der Waals surface area contributed by atoms with Crippen molar-refractivity contribution in [2.24, 2.45) is 11.8 Å². The Labute approximate surface area is 271 Å². The van der Waals surface area contributed by atoms with E-state index in [1.165, 1.54) is 6.92 Å². The van der Waals surface area contributed by atoms with E-state index in [0.29, 0.717) is 6.42 Å². The molecule has 14 nitrogen and oxygen atoms in total. The van der Waals surface area contributed by atoms with Crippen molar-refractivity contribution in [1.82, 2.24) is 0 Å². The summed E-state index contributed by atoms with van der Waals surface area (Å²) in [4.78, 5) is 50.6. The average molecular weight is 665 g/mol. The van der Waals surface area contributed by atoms with Gasteiger partial charge in [-0.2, -0.15) is 0 Å². The summed E-state index contributed by atoms with van der Waals surface area (Å²) in [7, 11) is 0. The summed E-state index contributed by atoms with van der Waals surface area (Å²) in [6.45, 7) is 10.8. The van der Waals surface area contributed by atoms with E-state index >= 15 is 0 Å². The fourth-order valence-corrected chi connectivity index (χ4v) is 6.26. The molecule has 0 saturated carbocycles. The summed E-state index contributed by atoms with van der Waals surface area (Å²) < 4.78 is 16.2. The Morgan fingerprint density at radius 1 is 1.11 bits per heavy atom. The summed E-state index contributed by atoms with van der Waals surface area (Å²) in [6, 6.07) is 9.25. The van der Waals surface area contributed by atoms with E-state index in [1.54, 1.807) is 6.92 Å². The van der Waals surface area contributed by atoms with Crippen LogP contribution in [0.3, 0.4) is 0 Å². The molecule has 7 N–H and O–H groups in total. The standard InChI is InChI=1S/C33H44O14/c1-6-18(2)17-30(5,43)14-13-22(34)45-25-24(36)31(15-12-19(3)23(35)20(4)16-21-10-8-7-9-11-21)46-26(27(37)38)32(44,28(39)40)33(25,47-31)29(41)42/h7-11,13-14,18,20,23-26,35-36,43-44H,3,6,12,15-17H2,1-2,4-5H3,(H,37,38)(H,39,40)(H,41,42)/b14-13+/t18?,20-,23-,24-,25-,26-,30?,31-,32-,33-/m1/s1. The summed E-state index contributed by atoms with van der Waals surface area (Å²) in [5.41, 5.74) is -7.94. The number of hydrogen-bond acceptors (Lipinski definition) is 11. The first-order valence-corrected chi connectivity index (χ1v) is 15.3. The maximum absolute atomic E-state index is 13.0. The molecule has 2 unspecified atom stereocenters. The lowest BCUT2D eigenvalue weighted by molar-refractivity contribution is -0.374. The lowest BCUT2D eigenvalue weighted by atomic mass is 9.74. The minimum atomic E-state index is -3.93. The van der Waals surface area contributed by atoms with Gasteiger partial charge in [-0.3, -0.25) is 0 Å². The van der Waals surface area contributed by atoms with Crippen LogP contribution in [0.2, 0.25) is 0 Å². The van der Waals surface area contributed by atoms with E-state index in [1.807, 2.05) is 44.2 Å². The molecular weight excluding hydrogens is 620 g/mol. The van der Waals surface area contributed by atoms with Crippen molar-refractivity contribution < 1.29 is 69.1 Å². The Kier molecular flexibility index (Phi) is 11.4. The number of carboxylic acid groups (broad SMARTS) is 3. The molecule has 0 radical (unpaired) electrons. The van der Waals surface area contributed by atoms with E-state index < -0.39 is 77.3 Å². The van der Waals surface area contributed by atoms with Crippen molar-refractivity contribution in [2.75, 3.05) is 0 Å². The third kappa shape index (κ3) is 7.27. The number of aliphatic hydroxyl groups is 4. The number of benzene rings is 1. The summed E-state index contributed by atoms with van der Waals surface area (Å²) >= 11 is 0. The van der Waals surface area contributed by atoms with Crippen LogP contribution in [-0.4, -0.2) is 107 Å². The van der Waals surface area contributed by atoms with Gasteiger partial charge in [0.2, 0.25) is 23.1 Å². The number of hydrogen-bond donors (Lipinski definition) is 7. The van der Waals surface area contributed by atoms with Gasteiger partial charge in [-0.1, -0.05) is 64.1 Å². The number of ether oxygens (including phenoxy) is 3. The maximum Gasteiger partial charge on any atom is 0.344 e. The molecule has 2 bridgehead atoms. The second-order valence-corrected chi connectivity index (χ2v) is 12.8. The molecule has 2 aliphatic heterocycles. The van der Waals surface area contributed by atoms with E-state index in [-0.39, 0.29) is 30.3 Å². The highest BCUT2D eigenvalue weighted by Gasteiger charge is 2.85. The maximum atomic E-state index is 13.0. The molecule has 1 aromatic carbocycles. The van der Waals surface area contributed by atoms with E-state index in [4.69, 9.17) is 14.2 Å². The van der Waals surface area contributed by atoms with Crippen LogP contribution < -0.4 is 0 Å². The molecule has 2 heterocycles. The molecule has 2 aliphatic rings. The van der Waals surface area contributed by atoms with Crippen molar-refractivity contribution in [1.29, 1.82) is 0 Å². The van der Waals surface area contributed by atoms with E-state index in [0.717, 1.165) is 24.1 Å². The van der Waals surface area contributed by atoms with Crippen molar-refractivity contribution in [3.8, 4) is 0 Å². The van der Waals surface area contributed by atoms with Crippen LogP contribution >= 0.6 is 0 Å². The first-order chi connectivity index (χ1) is 21.8. The predicted molar refractivity (Wildman–Crippen MR) is 163 cm³/mol. The number of rotatable bonds is 16. The van der Waals surface area contributed by atoms with Crippen LogP contribution in [0.25, 0.3) is 0 Å². The Morgan fingerprint density at radius 3 is 2.26 bits per heavy atom. The summed E-state index contributed by atoms with van der Waals surface area (Å²) in [6.07, 6.45) is -6.50. The Morgan fingerprint density at radius 2 is 1.72 bits per heavy atom. The number of carboxylic acids is 3. The highest BCUT2D eigenvalue weighted by Crippen LogP contribution is 2.55. The molecule has 260 valence electrons. The third-order valence-corrected chi connectivity index (χ3v) is 9.04. The molecule has 47 heavy (non-hydrogen) atoms. The van der Waals surface area contributed by atoms with Gasteiger partial charge in [-0.15, -0.1) is 0 Å². The fourth-order valence-electron chi connectivity index (χ4n) is 6.26. The van der Waals surface area contributed by atoms with Crippen LogP contribution in [0, 0.1) is 11.8 Å². The highest BCUT2D eigenvalue weighted by molar-refractivity contribution is 5.98. The van der Waals surface area contributed by atoms with Crippen LogP contribution in [0.4, 0.5) is 0 Å². The average Bonchev–Trinajstić information content (AvgIpc) is 3.22. The predicted octanol–water partition coefficient (Wildman–Crippen LogP) is 1.43. The number of aliphatic hydroxyl groups excluding tert-OH is 2. The zero-order chi connectivity index (χ0) is 35.5. The van der Waals surface area contributed by atoms with Crippen LogP contribution in [0.15, 0.2) is 54.6 Å². The topological polar surface area (TPSA) is 238 Å². The van der Waals surface area contributed by atoms with Gasteiger partial charge in [0.25, 0.3) is 0 Å². The van der Waals surface area contributed by atoms with Gasteiger partial charge in [0, 0.05) is 12.5 Å². The zero-order valence-electron chi connectivity index (χ0n) is 26.7. The molecule has 0 spiro atoms. The van der Waals surface area contributed by atoms with Crippen molar-refractivity contribution in [2.45, 2.75) is 107 Å². The lowest BCUT2D eigenvalue weighted by Crippen LogP contribution is -2.78. The molecular formula is C33H44O14. The molecule has 0 aliphatic carbocycles. The summed E-state index contributed by atoms with van der Waals surface area (Å²) in [5, 5.41) is 74.7. The van der Waals surface area contributed by atoms with E-state index in [9.17, 15) is 54.9 Å². The number of carbonyl (C=O) groups is 4. The fraction of sp³-hybridized carbons (Fsp3) is 0.576. The number of aliphatic carboxylic acids is 3. The van der Waals surface area contributed by atoms with Gasteiger partial charge in [0.05, 0.1) is 11.7 Å². The first kappa shape index (κ1) is 37.8. The summed E-state index contributed by atoms with van der Waals surface area (Å²) in [5.74, 6) is -11.1. The van der Waals surface area contributed by atoms with Gasteiger partial charge < -0.3 is 50.0 Å². The first-order valence-electron chi connectivity index (χ1n) is 15.3. The second kappa shape index (κ2) is 14.2. The van der Waals surface area contributed by atoms with Gasteiger partial charge in [-0.25, -0.2) is 19.2 Å². The lowest BCUT2D eigenvalue weighted by Gasteiger charge is -2.48. The second-order valence-electron chi connectivity index (χ2n) is 12.8. The Bertz CT molecular complexity index is 1370. The SMILES string of the molecule is C=C(CC[C@@]12O[C@H](C(=O)O)[C@@](O)(C(=O)O)[C@@](C(=O)O)(O1)[C@H](OC(=O)/C=C/C(C)(O)CC(C)CC)[C@H]2O)[C@@H](O)[C@H](C)Cc1ccccc1. The van der Waals surface area contributed by atoms with Crippen molar-refractivity contribution >= 4 is 23.9 Å². The van der Waals surface area contributed by atoms with E-state index in [2.05, 4.69) is 6.58 Å².